The van der Waals surface area contributed by atoms with Crippen LogP contribution in [-0.4, -0.2) is 32.1 Å². The number of hydrogen-bond donors (Lipinski definition) is 1. The van der Waals surface area contributed by atoms with Gasteiger partial charge in [-0.3, -0.25) is 4.79 Å². The van der Waals surface area contributed by atoms with E-state index in [0.29, 0.717) is 0 Å². The van der Waals surface area contributed by atoms with E-state index in [4.69, 9.17) is 4.74 Å². The number of aromatic hydroxyl groups is 1. The highest BCUT2D eigenvalue weighted by molar-refractivity contribution is 5.88. The van der Waals surface area contributed by atoms with Crippen molar-refractivity contribution in [2.75, 3.05) is 6.61 Å². The second kappa shape index (κ2) is 4.20. The Morgan fingerprint density at radius 1 is 1.53 bits per heavy atom. The first-order valence-electron chi connectivity index (χ1n) is 4.86. The number of aromatic nitrogens is 3. The average molecular weight is 235 g/mol. The SMILES string of the molecule is CCOC(=O)c1cnc2c(O)cncn2c1=O. The Hall–Kier alpha value is -2.44. The minimum absolute atomic E-state index is 0.0399. The van der Waals surface area contributed by atoms with Crippen LogP contribution >= 0.6 is 0 Å². The van der Waals surface area contributed by atoms with Crippen molar-refractivity contribution >= 4 is 11.6 Å². The van der Waals surface area contributed by atoms with Crippen LogP contribution in [0, 0.1) is 0 Å². The molecule has 2 heterocycles. The molecule has 0 bridgehead atoms. The number of nitrogens with zero attached hydrogens (tertiary/aromatic N) is 3. The van der Waals surface area contributed by atoms with Crippen LogP contribution in [0.4, 0.5) is 0 Å². The van der Waals surface area contributed by atoms with Crippen molar-refractivity contribution in [3.63, 3.8) is 0 Å². The molecule has 2 aromatic heterocycles. The molecule has 88 valence electrons. The van der Waals surface area contributed by atoms with E-state index < -0.39 is 11.5 Å². The third-order valence-corrected chi connectivity index (χ3v) is 2.10. The van der Waals surface area contributed by atoms with Crippen molar-refractivity contribution in [2.45, 2.75) is 6.92 Å². The monoisotopic (exact) mass is 235 g/mol. The molecule has 0 saturated heterocycles. The van der Waals surface area contributed by atoms with Crippen molar-refractivity contribution < 1.29 is 14.6 Å². The van der Waals surface area contributed by atoms with Gasteiger partial charge in [0.2, 0.25) is 0 Å². The Bertz CT molecular complexity index is 635. The highest BCUT2D eigenvalue weighted by Gasteiger charge is 2.15. The summed E-state index contributed by atoms with van der Waals surface area (Å²) in [4.78, 5) is 30.8. The second-order valence-corrected chi connectivity index (χ2v) is 3.17. The molecule has 0 aliphatic carbocycles. The lowest BCUT2D eigenvalue weighted by Crippen LogP contribution is -2.24. The van der Waals surface area contributed by atoms with Gasteiger partial charge in [0.25, 0.3) is 5.56 Å². The van der Waals surface area contributed by atoms with Crippen LogP contribution in [0.3, 0.4) is 0 Å². The predicted octanol–water partition coefficient (Wildman–Crippen LogP) is -0.0282. The van der Waals surface area contributed by atoms with E-state index in [2.05, 4.69) is 9.97 Å². The van der Waals surface area contributed by atoms with Crippen LogP contribution in [0.2, 0.25) is 0 Å². The van der Waals surface area contributed by atoms with Crippen LogP contribution in [0.5, 0.6) is 5.75 Å². The molecule has 7 nitrogen and oxygen atoms in total. The molecule has 0 unspecified atom stereocenters. The molecule has 2 aromatic rings. The second-order valence-electron chi connectivity index (χ2n) is 3.17. The Balaban J connectivity index is 2.67. The quantitative estimate of drug-likeness (QED) is 0.735. The van der Waals surface area contributed by atoms with Gasteiger partial charge in [-0.25, -0.2) is 19.2 Å². The zero-order chi connectivity index (χ0) is 12.4. The molecular weight excluding hydrogens is 226 g/mol. The van der Waals surface area contributed by atoms with Gasteiger partial charge in [-0.05, 0) is 6.92 Å². The largest absolute Gasteiger partial charge is 0.503 e. The van der Waals surface area contributed by atoms with E-state index in [1.54, 1.807) is 6.92 Å². The molecule has 7 heteroatoms. The van der Waals surface area contributed by atoms with Gasteiger partial charge in [0.15, 0.2) is 11.4 Å². The van der Waals surface area contributed by atoms with Gasteiger partial charge in [-0.1, -0.05) is 0 Å². The highest BCUT2D eigenvalue weighted by atomic mass is 16.5. The minimum atomic E-state index is -0.747. The van der Waals surface area contributed by atoms with Crippen molar-refractivity contribution in [1.82, 2.24) is 14.4 Å². The number of ether oxygens (including phenoxy) is 1. The van der Waals surface area contributed by atoms with E-state index >= 15 is 0 Å². The maximum Gasteiger partial charge on any atom is 0.345 e. The summed E-state index contributed by atoms with van der Waals surface area (Å²) in [5.41, 5.74) is -0.786. The summed E-state index contributed by atoms with van der Waals surface area (Å²) in [5.74, 6) is -0.984. The minimum Gasteiger partial charge on any atom is -0.503 e. The van der Waals surface area contributed by atoms with Gasteiger partial charge >= 0.3 is 5.97 Å². The summed E-state index contributed by atoms with van der Waals surface area (Å²) >= 11 is 0. The summed E-state index contributed by atoms with van der Waals surface area (Å²) in [7, 11) is 0. The number of rotatable bonds is 2. The standard InChI is InChI=1S/C10H9N3O4/c1-2-17-10(16)6-3-12-8-7(14)4-11-5-13(8)9(6)15/h3-5,14H,2H2,1H3. The lowest BCUT2D eigenvalue weighted by molar-refractivity contribution is 0.0523. The topological polar surface area (TPSA) is 93.8 Å². The molecule has 2 rings (SSSR count). The molecule has 0 aromatic carbocycles. The Labute approximate surface area is 95.3 Å². The van der Waals surface area contributed by atoms with Crippen molar-refractivity contribution in [1.29, 1.82) is 0 Å². The molecular formula is C10H9N3O4. The van der Waals surface area contributed by atoms with E-state index in [1.165, 1.54) is 6.33 Å². The zero-order valence-electron chi connectivity index (χ0n) is 8.95. The van der Waals surface area contributed by atoms with Gasteiger partial charge in [-0.15, -0.1) is 0 Å². The Morgan fingerprint density at radius 3 is 3.00 bits per heavy atom. The fraction of sp³-hybridized carbons (Fsp3) is 0.200. The third-order valence-electron chi connectivity index (χ3n) is 2.10. The van der Waals surface area contributed by atoms with Gasteiger partial charge in [-0.2, -0.15) is 0 Å². The van der Waals surface area contributed by atoms with E-state index in [1.807, 2.05) is 0 Å². The zero-order valence-corrected chi connectivity index (χ0v) is 8.95. The average Bonchev–Trinajstić information content (AvgIpc) is 2.31. The van der Waals surface area contributed by atoms with Crippen molar-refractivity contribution in [2.24, 2.45) is 0 Å². The molecule has 0 radical (unpaired) electrons. The molecule has 0 atom stereocenters. The Morgan fingerprint density at radius 2 is 2.29 bits per heavy atom. The number of hydrogen-bond acceptors (Lipinski definition) is 6. The number of esters is 1. The molecule has 0 aliphatic rings. The van der Waals surface area contributed by atoms with E-state index in [-0.39, 0.29) is 23.6 Å². The van der Waals surface area contributed by atoms with Gasteiger partial charge in [0.05, 0.1) is 12.8 Å². The van der Waals surface area contributed by atoms with Gasteiger partial charge < -0.3 is 9.84 Å². The first-order valence-corrected chi connectivity index (χ1v) is 4.86. The van der Waals surface area contributed by atoms with Gasteiger partial charge in [0, 0.05) is 6.20 Å². The molecule has 0 spiro atoms. The molecule has 1 N–H and O–H groups in total. The van der Waals surface area contributed by atoms with Gasteiger partial charge in [0.1, 0.15) is 11.9 Å². The lowest BCUT2D eigenvalue weighted by atomic mass is 10.3. The fourth-order valence-electron chi connectivity index (χ4n) is 1.34. The van der Waals surface area contributed by atoms with E-state index in [9.17, 15) is 14.7 Å². The Kier molecular flexibility index (Phi) is 2.73. The smallest absolute Gasteiger partial charge is 0.345 e. The fourth-order valence-corrected chi connectivity index (χ4v) is 1.34. The summed E-state index contributed by atoms with van der Waals surface area (Å²) in [6.45, 7) is 1.80. The third kappa shape index (κ3) is 1.82. The van der Waals surface area contributed by atoms with E-state index in [0.717, 1.165) is 16.8 Å². The summed E-state index contributed by atoms with van der Waals surface area (Å²) in [6.07, 6.45) is 3.41. The van der Waals surface area contributed by atoms with Crippen LogP contribution < -0.4 is 5.56 Å². The van der Waals surface area contributed by atoms with Crippen LogP contribution in [0.15, 0.2) is 23.5 Å². The summed E-state index contributed by atoms with van der Waals surface area (Å²) in [6, 6.07) is 0. The molecule has 0 fully saturated rings. The first-order chi connectivity index (χ1) is 8.15. The highest BCUT2D eigenvalue weighted by Crippen LogP contribution is 2.11. The summed E-state index contributed by atoms with van der Waals surface area (Å²) < 4.78 is 5.70. The molecule has 0 amide bonds. The van der Waals surface area contributed by atoms with Crippen molar-refractivity contribution in [3.05, 3.63) is 34.6 Å². The molecule has 0 saturated carbocycles. The summed E-state index contributed by atoms with van der Waals surface area (Å²) in [5, 5.41) is 9.43. The number of carbonyl (C=O) groups is 1. The molecule has 0 aliphatic heterocycles. The molecule has 17 heavy (non-hydrogen) atoms. The van der Waals surface area contributed by atoms with Crippen LogP contribution in [0.25, 0.3) is 5.65 Å². The van der Waals surface area contributed by atoms with Crippen LogP contribution in [0.1, 0.15) is 17.3 Å². The normalized spacial score (nSPS) is 10.4. The first kappa shape index (κ1) is 11.1. The lowest BCUT2D eigenvalue weighted by Gasteiger charge is -2.04. The number of fused-ring (bicyclic) bond motifs is 1. The number of carbonyl (C=O) groups excluding carboxylic acids is 1. The maximum absolute atomic E-state index is 11.9. The maximum atomic E-state index is 11.9. The van der Waals surface area contributed by atoms with Crippen molar-refractivity contribution in [3.8, 4) is 5.75 Å². The van der Waals surface area contributed by atoms with Crippen LogP contribution in [-0.2, 0) is 4.74 Å². The predicted molar refractivity (Wildman–Crippen MR) is 56.9 cm³/mol.